The molecule has 1 atom stereocenters. The SMILES string of the molecule is CCOC(C)CNC(=O)c1ccc(/C(N)=N/O)cn1. The largest absolute Gasteiger partial charge is 0.409 e. The minimum Gasteiger partial charge on any atom is -0.409 e. The Morgan fingerprint density at radius 3 is 2.89 bits per heavy atom. The van der Waals surface area contributed by atoms with Gasteiger partial charge in [0.1, 0.15) is 5.69 Å². The third kappa shape index (κ3) is 4.55. The second-order valence-electron chi connectivity index (χ2n) is 3.89. The number of amides is 1. The molecule has 0 saturated heterocycles. The second-order valence-corrected chi connectivity index (χ2v) is 3.89. The number of nitrogens with zero attached hydrogens (tertiary/aromatic N) is 2. The van der Waals surface area contributed by atoms with Crippen LogP contribution in [0.2, 0.25) is 0 Å². The van der Waals surface area contributed by atoms with Gasteiger partial charge in [0.2, 0.25) is 0 Å². The first kappa shape index (κ1) is 14.9. The Morgan fingerprint density at radius 2 is 2.37 bits per heavy atom. The number of aromatic nitrogens is 1. The van der Waals surface area contributed by atoms with Crippen molar-refractivity contribution in [2.24, 2.45) is 10.9 Å². The van der Waals surface area contributed by atoms with Gasteiger partial charge >= 0.3 is 0 Å². The van der Waals surface area contributed by atoms with Crippen molar-refractivity contribution in [1.29, 1.82) is 0 Å². The Bertz CT molecular complexity index is 445. The number of hydrogen-bond donors (Lipinski definition) is 3. The lowest BCUT2D eigenvalue weighted by atomic mass is 10.2. The van der Waals surface area contributed by atoms with Crippen LogP contribution in [0.1, 0.15) is 29.9 Å². The molecule has 0 spiro atoms. The van der Waals surface area contributed by atoms with Gasteiger partial charge in [0.25, 0.3) is 5.91 Å². The van der Waals surface area contributed by atoms with E-state index in [2.05, 4.69) is 15.5 Å². The maximum atomic E-state index is 11.8. The molecular weight excluding hydrogens is 248 g/mol. The topological polar surface area (TPSA) is 110 Å². The maximum absolute atomic E-state index is 11.8. The molecule has 0 bridgehead atoms. The number of ether oxygens (including phenoxy) is 1. The molecule has 1 heterocycles. The van der Waals surface area contributed by atoms with E-state index < -0.39 is 0 Å². The number of amidine groups is 1. The van der Waals surface area contributed by atoms with Gasteiger partial charge < -0.3 is 21.0 Å². The Hall–Kier alpha value is -2.15. The van der Waals surface area contributed by atoms with Crippen molar-refractivity contribution < 1.29 is 14.7 Å². The van der Waals surface area contributed by atoms with Crippen molar-refractivity contribution in [2.75, 3.05) is 13.2 Å². The van der Waals surface area contributed by atoms with E-state index in [-0.39, 0.29) is 23.5 Å². The molecule has 1 amide bonds. The molecule has 1 unspecified atom stereocenters. The van der Waals surface area contributed by atoms with Gasteiger partial charge in [-0.15, -0.1) is 0 Å². The second kappa shape index (κ2) is 7.32. The van der Waals surface area contributed by atoms with Crippen LogP contribution in [-0.4, -0.2) is 41.2 Å². The summed E-state index contributed by atoms with van der Waals surface area (Å²) in [6.07, 6.45) is 1.32. The van der Waals surface area contributed by atoms with Gasteiger partial charge in [0.05, 0.1) is 6.10 Å². The summed E-state index contributed by atoms with van der Waals surface area (Å²) in [6.45, 7) is 4.78. The summed E-state index contributed by atoms with van der Waals surface area (Å²) in [4.78, 5) is 15.7. The van der Waals surface area contributed by atoms with Gasteiger partial charge in [-0.3, -0.25) is 9.78 Å². The molecule has 1 rings (SSSR count). The zero-order valence-corrected chi connectivity index (χ0v) is 11.0. The van der Waals surface area contributed by atoms with Crippen LogP contribution >= 0.6 is 0 Å². The van der Waals surface area contributed by atoms with E-state index in [0.29, 0.717) is 18.7 Å². The van der Waals surface area contributed by atoms with Crippen molar-refractivity contribution in [3.8, 4) is 0 Å². The summed E-state index contributed by atoms with van der Waals surface area (Å²) in [6, 6.07) is 3.07. The molecular formula is C12H18N4O3. The molecule has 7 heteroatoms. The Balaban J connectivity index is 2.58. The zero-order valence-electron chi connectivity index (χ0n) is 11.0. The predicted octanol–water partition coefficient (Wildman–Crippen LogP) is 0.331. The highest BCUT2D eigenvalue weighted by molar-refractivity contribution is 5.98. The average Bonchev–Trinajstić information content (AvgIpc) is 2.44. The summed E-state index contributed by atoms with van der Waals surface area (Å²) < 4.78 is 5.30. The summed E-state index contributed by atoms with van der Waals surface area (Å²) in [5.74, 6) is -0.345. The summed E-state index contributed by atoms with van der Waals surface area (Å²) in [5.41, 5.74) is 6.10. The quantitative estimate of drug-likeness (QED) is 0.297. The highest BCUT2D eigenvalue weighted by Gasteiger charge is 2.09. The Kier molecular flexibility index (Phi) is 5.74. The highest BCUT2D eigenvalue weighted by Crippen LogP contribution is 2.00. The Labute approximate surface area is 111 Å². The standard InChI is InChI=1S/C12H18N4O3/c1-3-19-8(2)6-15-12(17)10-5-4-9(7-14-10)11(13)16-18/h4-5,7-8,18H,3,6H2,1-2H3,(H2,13,16)(H,15,17). The van der Waals surface area contributed by atoms with Crippen LogP contribution in [-0.2, 0) is 4.74 Å². The van der Waals surface area contributed by atoms with Crippen LogP contribution in [0, 0.1) is 0 Å². The van der Waals surface area contributed by atoms with Crippen LogP contribution in [0.3, 0.4) is 0 Å². The number of oxime groups is 1. The molecule has 1 aromatic rings. The van der Waals surface area contributed by atoms with Gasteiger partial charge in [-0.05, 0) is 26.0 Å². The molecule has 0 aliphatic carbocycles. The van der Waals surface area contributed by atoms with Gasteiger partial charge in [-0.25, -0.2) is 0 Å². The molecule has 104 valence electrons. The molecule has 4 N–H and O–H groups in total. The number of nitrogens with one attached hydrogen (secondary N) is 1. The van der Waals surface area contributed by atoms with Crippen LogP contribution in [0.5, 0.6) is 0 Å². The smallest absolute Gasteiger partial charge is 0.269 e. The fraction of sp³-hybridized carbons (Fsp3) is 0.417. The summed E-state index contributed by atoms with van der Waals surface area (Å²) >= 11 is 0. The zero-order chi connectivity index (χ0) is 14.3. The van der Waals surface area contributed by atoms with Crippen molar-refractivity contribution in [3.05, 3.63) is 29.6 Å². The molecule has 0 aliphatic heterocycles. The van der Waals surface area contributed by atoms with Gasteiger partial charge in [0, 0.05) is 24.9 Å². The molecule has 0 saturated carbocycles. The first-order valence-corrected chi connectivity index (χ1v) is 5.92. The lowest BCUT2D eigenvalue weighted by Gasteiger charge is -2.12. The molecule has 0 aliphatic rings. The van der Waals surface area contributed by atoms with Gasteiger partial charge in [-0.1, -0.05) is 5.16 Å². The van der Waals surface area contributed by atoms with Crippen molar-refractivity contribution >= 4 is 11.7 Å². The molecule has 0 radical (unpaired) electrons. The van der Waals surface area contributed by atoms with Crippen molar-refractivity contribution in [2.45, 2.75) is 20.0 Å². The number of carbonyl (C=O) groups is 1. The van der Waals surface area contributed by atoms with E-state index in [0.717, 1.165) is 0 Å². The molecule has 0 aromatic carbocycles. The van der Waals surface area contributed by atoms with E-state index >= 15 is 0 Å². The normalized spacial score (nSPS) is 13.1. The van der Waals surface area contributed by atoms with Crippen LogP contribution < -0.4 is 11.1 Å². The maximum Gasteiger partial charge on any atom is 0.269 e. The van der Waals surface area contributed by atoms with E-state index in [1.54, 1.807) is 6.07 Å². The van der Waals surface area contributed by atoms with E-state index in [1.165, 1.54) is 12.3 Å². The van der Waals surface area contributed by atoms with Crippen molar-refractivity contribution in [1.82, 2.24) is 10.3 Å². The molecule has 7 nitrogen and oxygen atoms in total. The van der Waals surface area contributed by atoms with Crippen LogP contribution in [0.25, 0.3) is 0 Å². The number of rotatable bonds is 6. The third-order valence-electron chi connectivity index (χ3n) is 2.40. The molecule has 19 heavy (non-hydrogen) atoms. The number of pyridine rings is 1. The van der Waals surface area contributed by atoms with E-state index in [1.807, 2.05) is 13.8 Å². The first-order valence-electron chi connectivity index (χ1n) is 5.92. The lowest BCUT2D eigenvalue weighted by molar-refractivity contribution is 0.0693. The minimum absolute atomic E-state index is 0.0506. The Morgan fingerprint density at radius 1 is 1.63 bits per heavy atom. The number of hydrogen-bond acceptors (Lipinski definition) is 5. The third-order valence-corrected chi connectivity index (χ3v) is 2.40. The molecule has 1 aromatic heterocycles. The number of carbonyl (C=O) groups excluding carboxylic acids is 1. The first-order chi connectivity index (χ1) is 9.08. The minimum atomic E-state index is -0.294. The van der Waals surface area contributed by atoms with Gasteiger partial charge in [0.15, 0.2) is 5.84 Å². The van der Waals surface area contributed by atoms with Crippen LogP contribution in [0.4, 0.5) is 0 Å². The highest BCUT2D eigenvalue weighted by atomic mass is 16.5. The van der Waals surface area contributed by atoms with Gasteiger partial charge in [-0.2, -0.15) is 0 Å². The monoisotopic (exact) mass is 266 g/mol. The van der Waals surface area contributed by atoms with E-state index in [4.69, 9.17) is 15.7 Å². The summed E-state index contributed by atoms with van der Waals surface area (Å²) in [5, 5.41) is 14.1. The van der Waals surface area contributed by atoms with E-state index in [9.17, 15) is 4.79 Å². The van der Waals surface area contributed by atoms with Crippen LogP contribution in [0.15, 0.2) is 23.5 Å². The predicted molar refractivity (Wildman–Crippen MR) is 70.2 cm³/mol. The number of nitrogens with two attached hydrogens (primary N) is 1. The average molecular weight is 266 g/mol. The fourth-order valence-corrected chi connectivity index (χ4v) is 1.41. The lowest BCUT2D eigenvalue weighted by Crippen LogP contribution is -2.32. The molecule has 0 fully saturated rings. The fourth-order valence-electron chi connectivity index (χ4n) is 1.41. The van der Waals surface area contributed by atoms with Crippen molar-refractivity contribution in [3.63, 3.8) is 0 Å². The summed E-state index contributed by atoms with van der Waals surface area (Å²) in [7, 11) is 0.